The molecule has 70 heavy (non-hydrogen) atoms. The van der Waals surface area contributed by atoms with E-state index in [2.05, 4.69) is 0 Å². The van der Waals surface area contributed by atoms with Crippen LogP contribution in [0.25, 0.3) is 0 Å². The molecule has 0 aromatic rings. The number of hydrogen-bond donors (Lipinski definition) is 0. The molecular formula is CHB69. The highest BCUT2D eigenvalue weighted by molar-refractivity contribution is 8.28. The molecule has 0 rings (SSSR count). The van der Waals surface area contributed by atoms with Crippen LogP contribution in [-0.2, 0) is 0 Å². The van der Waals surface area contributed by atoms with Crippen molar-refractivity contribution in [2.24, 2.45) is 0 Å². The Morgan fingerprint density at radius 3 is 0.300 bits per heavy atom. The number of hydrogen-bond acceptors (Lipinski definition) is 0. The lowest BCUT2D eigenvalue weighted by Crippen LogP contribution is -2.93. The van der Waals surface area contributed by atoms with E-state index in [4.69, 9.17) is 279 Å². The van der Waals surface area contributed by atoms with E-state index >= 15 is 0 Å². The Morgan fingerprint density at radius 1 is 0.114 bits per heavy atom. The van der Waals surface area contributed by atoms with Crippen molar-refractivity contribution in [3.63, 3.8) is 0 Å². The van der Waals surface area contributed by atoms with Gasteiger partial charge in [0.15, 0.2) is 0 Å². The highest BCUT2D eigenvalue weighted by Gasteiger charge is 2.64. The molecule has 69 heteroatoms. The Bertz CT molecular complexity index is 1140. The first-order valence-corrected chi connectivity index (χ1v) is 23.0. The molecule has 0 nitrogen and oxygen atoms in total. The SMILES string of the molecule is [B]B([B])B(B([B])[B])B(B(B([B])[B])B([B])[B])B(B(B([B])[B])B([B])[B])C(B(B(B([B])[B])B([B])[B])B(B([B])[B])B([B])[B])B(B(B(B([B])[B])B([B])[B])B(B([B])[B])B([B])[B])B(B(B([B])[B])B([B])[B])B(B([B])[B])B([B])[B]. The summed E-state index contributed by atoms with van der Waals surface area (Å²) in [4.78, 5) is 0. The third-order valence-electron chi connectivity index (χ3n) is 14.7. The molecule has 0 spiro atoms. The van der Waals surface area contributed by atoms with Gasteiger partial charge in [-0.3, -0.25) is 0 Å². The summed E-state index contributed by atoms with van der Waals surface area (Å²) >= 11 is 0. The first-order valence-electron chi connectivity index (χ1n) is 23.0. The van der Waals surface area contributed by atoms with Crippen molar-refractivity contribution in [3.05, 3.63) is 0 Å². The minimum absolute atomic E-state index is 1.43. The van der Waals surface area contributed by atoms with Crippen LogP contribution >= 0.6 is 0 Å². The lowest BCUT2D eigenvalue weighted by atomic mass is 8.29. The fraction of sp³-hybridized carbons (Fsp3) is 1.00. The molecule has 0 saturated heterocycles. The molecule has 0 bridgehead atoms. The van der Waals surface area contributed by atoms with Crippen LogP contribution in [0.2, 0.25) is 5.62 Å². The van der Waals surface area contributed by atoms with Gasteiger partial charge in [0.05, 0.1) is 0 Å². The van der Waals surface area contributed by atoms with Gasteiger partial charge >= 0.3 is 0 Å². The van der Waals surface area contributed by atoms with Crippen LogP contribution in [0.5, 0.6) is 0 Å². The van der Waals surface area contributed by atoms with E-state index in [9.17, 15) is 0 Å². The van der Waals surface area contributed by atoms with Crippen LogP contribution < -0.4 is 0 Å². The summed E-state index contributed by atoms with van der Waals surface area (Å²) < 4.78 is 0. The van der Waals surface area contributed by atoms with Gasteiger partial charge in [-0.2, -0.15) is 0 Å². The molecule has 0 heterocycles. The summed E-state index contributed by atoms with van der Waals surface area (Å²) in [5.41, 5.74) is -1.72. The minimum atomic E-state index is -1.72. The average molecular weight is 759 g/mol. The smallest absolute Gasteiger partial charge is 0.0294 e. The normalized spacial score (nSPS) is 10.3. The maximum atomic E-state index is 6.84. The second kappa shape index (κ2) is 34.0. The second-order valence-electron chi connectivity index (χ2n) is 19.6. The summed E-state index contributed by atoms with van der Waals surface area (Å²) in [7, 11) is 242. The maximum absolute atomic E-state index is 6.84. The Labute approximate surface area is 490 Å². The molecule has 0 aromatic carbocycles. The van der Waals surface area contributed by atoms with Gasteiger partial charge in [0, 0.05) is 490 Å². The molecule has 0 N–H and O–H groups in total. The molecule has 0 aliphatic carbocycles. The third-order valence-corrected chi connectivity index (χ3v) is 14.7. The van der Waals surface area contributed by atoms with E-state index in [1.54, 1.807) is 0 Å². The summed E-state index contributed by atoms with van der Waals surface area (Å²) in [6, 6.07) is 0. The molecule has 212 valence electrons. The fourth-order valence-electron chi connectivity index (χ4n) is 12.3. The van der Waals surface area contributed by atoms with E-state index in [0.29, 0.717) is 0 Å². The summed E-state index contributed by atoms with van der Waals surface area (Å²) in [6.45, 7) is -4.95. The van der Waals surface area contributed by atoms with Gasteiger partial charge in [0.2, 0.25) is 0 Å². The first-order chi connectivity index (χ1) is 31.8. The molecule has 0 saturated carbocycles. The van der Waals surface area contributed by atoms with Crippen LogP contribution in [-0.4, -0.2) is 490 Å². The maximum Gasteiger partial charge on any atom is 0.0294 e. The van der Waals surface area contributed by atoms with Gasteiger partial charge < -0.3 is 0 Å². The Hall–Kier alpha value is 4.48. The van der Waals surface area contributed by atoms with Gasteiger partial charge in [0.1, 0.15) is 0 Å². The van der Waals surface area contributed by atoms with Gasteiger partial charge in [-0.1, -0.05) is 0 Å². The minimum Gasteiger partial charge on any atom is -0.146 e. The van der Waals surface area contributed by atoms with E-state index in [1.807, 2.05) is 0 Å². The zero-order valence-electron chi connectivity index (χ0n) is 40.4. The zero-order valence-corrected chi connectivity index (χ0v) is 40.4. The standard InChI is InChI=1S/CHB69/c2-41(3)59(42(4)5)38(60(43(6)7)44(8)9)1(39(61(45(10)11)46(12)13)62(65(47(14)15)48(16)17)66(49(18)19)50(20)21)40(63(67(51(22)23)52(24)25)68(53(26)27)54(28)29)64(69(55(30)31)56(32)33)70(57(34)35)58(36)37/h1H. The van der Waals surface area contributed by atoms with Crippen molar-refractivity contribution in [1.82, 2.24) is 0 Å². The third kappa shape index (κ3) is 19.9. The second-order valence-corrected chi connectivity index (χ2v) is 19.6. The zero-order chi connectivity index (χ0) is 55.6. The van der Waals surface area contributed by atoms with Crippen molar-refractivity contribution in [2.45, 2.75) is 5.62 Å². The topological polar surface area (TPSA) is 0 Å². The van der Waals surface area contributed by atoms with Crippen molar-refractivity contribution in [2.75, 3.05) is 0 Å². The predicted octanol–water partition coefficient (Wildman–Crippen LogP) is -25.9. The fourth-order valence-corrected chi connectivity index (χ4v) is 12.3. The van der Waals surface area contributed by atoms with Gasteiger partial charge in [-0.05, 0) is 0 Å². The van der Waals surface area contributed by atoms with Crippen LogP contribution in [0.1, 0.15) is 0 Å². The highest BCUT2D eigenvalue weighted by Crippen LogP contribution is 2.35. The Kier molecular flexibility index (Phi) is 36.2. The van der Waals surface area contributed by atoms with Crippen LogP contribution in [0.3, 0.4) is 0 Å². The van der Waals surface area contributed by atoms with Gasteiger partial charge in [-0.15, -0.1) is 5.62 Å². The van der Waals surface area contributed by atoms with E-state index in [0.717, 1.165) is 0 Å². The first kappa shape index (κ1) is 74.5. The largest absolute Gasteiger partial charge is 0.146 e. The van der Waals surface area contributed by atoms with Crippen molar-refractivity contribution in [3.8, 4) is 0 Å². The van der Waals surface area contributed by atoms with Gasteiger partial charge in [0.25, 0.3) is 0 Å². The van der Waals surface area contributed by atoms with E-state index in [-0.39, 0.29) is 0 Å². The molecule has 1 atom stereocenters. The molecule has 1 unspecified atom stereocenters. The lowest BCUT2D eigenvalue weighted by molar-refractivity contribution is 1.80. The lowest BCUT2D eigenvalue weighted by Gasteiger charge is -2.61. The molecule has 0 fully saturated rings. The Balaban J connectivity index is 11.7. The molecule has 0 amide bonds. The summed E-state index contributed by atoms with van der Waals surface area (Å²) in [5.74, 6) is 0. The summed E-state index contributed by atoms with van der Waals surface area (Å²) in [5, 5.41) is 0. The molecule has 0 aliphatic heterocycles. The van der Waals surface area contributed by atoms with E-state index < -0.39 is 217 Å². The van der Waals surface area contributed by atoms with Gasteiger partial charge in [-0.25, -0.2) is 0 Å². The van der Waals surface area contributed by atoms with E-state index in [1.165, 1.54) is 0 Å². The molecular weight excluding hydrogens is 758 g/mol. The number of rotatable bonds is 33. The van der Waals surface area contributed by atoms with Crippen molar-refractivity contribution >= 4 is 490 Å². The molecule has 0 aromatic heterocycles. The van der Waals surface area contributed by atoms with Crippen LogP contribution in [0, 0.1) is 0 Å². The average Bonchev–Trinajstić information content (AvgIpc) is 3.12. The predicted molar refractivity (Wildman–Crippen MR) is 401 cm³/mol. The van der Waals surface area contributed by atoms with Crippen LogP contribution in [0.15, 0.2) is 0 Å². The van der Waals surface area contributed by atoms with Crippen molar-refractivity contribution in [1.29, 1.82) is 0 Å². The monoisotopic (exact) mass is 773 g/mol. The molecule has 72 radical (unpaired) electrons. The van der Waals surface area contributed by atoms with Crippen LogP contribution in [0.4, 0.5) is 0 Å². The summed E-state index contributed by atoms with van der Waals surface area (Å²) in [6.07, 6.45) is -46.3. The quantitative estimate of drug-likeness (QED) is 0.0585. The Morgan fingerprint density at radius 2 is 0.200 bits per heavy atom. The highest BCUT2D eigenvalue weighted by atomic mass is 13.7. The molecule has 0 aliphatic rings. The van der Waals surface area contributed by atoms with Crippen molar-refractivity contribution < 1.29 is 0 Å².